The molecule has 0 spiro atoms. The molecule has 1 aliphatic rings. The summed E-state index contributed by atoms with van der Waals surface area (Å²) in [5.74, 6) is 0.0692. The lowest BCUT2D eigenvalue weighted by Crippen LogP contribution is -2.06. The average molecular weight is 193 g/mol. The van der Waals surface area contributed by atoms with Gasteiger partial charge in [0.05, 0.1) is 0 Å². The molecule has 1 aromatic rings. The zero-order valence-corrected chi connectivity index (χ0v) is 8.84. The van der Waals surface area contributed by atoms with Crippen molar-refractivity contribution in [3.8, 4) is 0 Å². The van der Waals surface area contributed by atoms with Crippen LogP contribution in [0.4, 0.5) is 4.39 Å². The van der Waals surface area contributed by atoms with Gasteiger partial charge in [0.15, 0.2) is 0 Å². The fourth-order valence-electron chi connectivity index (χ4n) is 2.27. The number of rotatable bonds is 1. The molecule has 2 unspecified atom stereocenters. The van der Waals surface area contributed by atoms with Gasteiger partial charge in [0.25, 0.3) is 0 Å². The number of benzene rings is 1. The summed E-state index contributed by atoms with van der Waals surface area (Å²) in [5, 5.41) is 0. The van der Waals surface area contributed by atoms with Crippen LogP contribution in [0.2, 0.25) is 0 Å². The third-order valence-corrected chi connectivity index (χ3v) is 3.49. The third-order valence-electron chi connectivity index (χ3n) is 3.49. The van der Waals surface area contributed by atoms with Gasteiger partial charge in [-0.25, -0.2) is 4.39 Å². The van der Waals surface area contributed by atoms with Gasteiger partial charge in [0.1, 0.15) is 5.82 Å². The fraction of sp³-hybridized carbons (Fsp3) is 0.500. The molecule has 1 nitrogen and oxygen atoms in total. The van der Waals surface area contributed by atoms with E-state index in [-0.39, 0.29) is 23.2 Å². The van der Waals surface area contributed by atoms with Gasteiger partial charge in [-0.05, 0) is 29.5 Å². The Hall–Kier alpha value is -0.890. The first-order valence-corrected chi connectivity index (χ1v) is 4.97. The second-order valence-electron chi connectivity index (χ2n) is 4.80. The van der Waals surface area contributed by atoms with E-state index in [1.54, 1.807) is 6.07 Å². The average Bonchev–Trinajstić information content (AvgIpc) is 2.54. The van der Waals surface area contributed by atoms with Crippen LogP contribution >= 0.6 is 0 Å². The maximum absolute atomic E-state index is 13.6. The van der Waals surface area contributed by atoms with E-state index < -0.39 is 0 Å². The van der Waals surface area contributed by atoms with Gasteiger partial charge in [-0.2, -0.15) is 0 Å². The highest BCUT2D eigenvalue weighted by atomic mass is 19.1. The normalized spacial score (nSPS) is 28.9. The minimum absolute atomic E-state index is 0.0486. The third kappa shape index (κ3) is 1.17. The van der Waals surface area contributed by atoms with E-state index in [0.717, 1.165) is 11.1 Å². The Bertz CT molecular complexity index is 350. The highest BCUT2D eigenvalue weighted by Gasteiger charge is 2.57. The summed E-state index contributed by atoms with van der Waals surface area (Å²) < 4.78 is 13.6. The standard InChI is InChI=1S/C12H16FN/c1-7-5-4-6-8(13)9(7)10-11(14)12(10,2)3/h4-6,10-11H,14H2,1-3H3. The molecule has 0 radical (unpaired) electrons. The number of nitrogens with two attached hydrogens (primary N) is 1. The van der Waals surface area contributed by atoms with Crippen molar-refractivity contribution in [1.82, 2.24) is 0 Å². The van der Waals surface area contributed by atoms with Gasteiger partial charge >= 0.3 is 0 Å². The lowest BCUT2D eigenvalue weighted by atomic mass is 9.98. The minimum Gasteiger partial charge on any atom is -0.327 e. The second kappa shape index (κ2) is 2.80. The summed E-state index contributed by atoms with van der Waals surface area (Å²) in [6.07, 6.45) is 0. The van der Waals surface area contributed by atoms with Crippen molar-refractivity contribution in [2.45, 2.75) is 32.7 Å². The molecule has 76 valence electrons. The number of hydrogen-bond acceptors (Lipinski definition) is 1. The van der Waals surface area contributed by atoms with Gasteiger partial charge in [-0.15, -0.1) is 0 Å². The summed E-state index contributed by atoms with van der Waals surface area (Å²) in [5.41, 5.74) is 7.82. The van der Waals surface area contributed by atoms with Gasteiger partial charge in [0, 0.05) is 12.0 Å². The van der Waals surface area contributed by atoms with Gasteiger partial charge in [-0.3, -0.25) is 0 Å². The molecular weight excluding hydrogens is 177 g/mol. The van der Waals surface area contributed by atoms with E-state index in [0.29, 0.717) is 0 Å². The van der Waals surface area contributed by atoms with Crippen LogP contribution in [0.1, 0.15) is 30.9 Å². The molecule has 2 N–H and O–H groups in total. The molecule has 2 heteroatoms. The summed E-state index contributed by atoms with van der Waals surface area (Å²) in [6.45, 7) is 6.13. The van der Waals surface area contributed by atoms with Crippen LogP contribution in [0.5, 0.6) is 0 Å². The zero-order valence-electron chi connectivity index (χ0n) is 8.84. The first-order chi connectivity index (χ1) is 6.46. The fourth-order valence-corrected chi connectivity index (χ4v) is 2.27. The highest BCUT2D eigenvalue weighted by molar-refractivity contribution is 5.40. The molecule has 1 saturated carbocycles. The Balaban J connectivity index is 2.44. The molecule has 0 heterocycles. The second-order valence-corrected chi connectivity index (χ2v) is 4.80. The van der Waals surface area contributed by atoms with Crippen molar-refractivity contribution in [3.05, 3.63) is 35.1 Å². The molecule has 14 heavy (non-hydrogen) atoms. The first-order valence-electron chi connectivity index (χ1n) is 4.97. The van der Waals surface area contributed by atoms with Crippen LogP contribution < -0.4 is 5.73 Å². The molecular formula is C12H16FN. The minimum atomic E-state index is -0.115. The van der Waals surface area contributed by atoms with Crippen LogP contribution in [0, 0.1) is 18.2 Å². The van der Waals surface area contributed by atoms with E-state index in [1.807, 2.05) is 13.0 Å². The maximum Gasteiger partial charge on any atom is 0.127 e. The van der Waals surface area contributed by atoms with Crippen molar-refractivity contribution in [3.63, 3.8) is 0 Å². The molecule has 0 amide bonds. The quantitative estimate of drug-likeness (QED) is 0.729. The Morgan fingerprint density at radius 1 is 1.36 bits per heavy atom. The Morgan fingerprint density at radius 2 is 1.93 bits per heavy atom. The van der Waals surface area contributed by atoms with Crippen LogP contribution in [-0.2, 0) is 0 Å². The first kappa shape index (κ1) is 9.66. The number of hydrogen-bond donors (Lipinski definition) is 1. The van der Waals surface area contributed by atoms with Crippen LogP contribution in [0.15, 0.2) is 18.2 Å². The molecule has 1 aromatic carbocycles. The predicted molar refractivity (Wildman–Crippen MR) is 55.6 cm³/mol. The van der Waals surface area contributed by atoms with Crippen molar-refractivity contribution in [2.75, 3.05) is 0 Å². The summed E-state index contributed by atoms with van der Waals surface area (Å²) in [4.78, 5) is 0. The van der Waals surface area contributed by atoms with Crippen LogP contribution in [0.25, 0.3) is 0 Å². The Morgan fingerprint density at radius 3 is 2.36 bits per heavy atom. The maximum atomic E-state index is 13.6. The monoisotopic (exact) mass is 193 g/mol. The Labute approximate surface area is 84.1 Å². The van der Waals surface area contributed by atoms with Crippen LogP contribution in [-0.4, -0.2) is 6.04 Å². The van der Waals surface area contributed by atoms with E-state index in [2.05, 4.69) is 13.8 Å². The molecule has 1 aliphatic carbocycles. The van der Waals surface area contributed by atoms with E-state index in [1.165, 1.54) is 6.07 Å². The molecule has 0 aromatic heterocycles. The van der Waals surface area contributed by atoms with Crippen molar-refractivity contribution in [1.29, 1.82) is 0 Å². The number of halogens is 1. The van der Waals surface area contributed by atoms with Gasteiger partial charge in [0.2, 0.25) is 0 Å². The molecule has 2 atom stereocenters. The molecule has 0 saturated heterocycles. The predicted octanol–water partition coefficient (Wildman–Crippen LogP) is 2.58. The van der Waals surface area contributed by atoms with E-state index in [4.69, 9.17) is 5.73 Å². The Kier molecular flexibility index (Phi) is 1.93. The van der Waals surface area contributed by atoms with Crippen molar-refractivity contribution in [2.24, 2.45) is 11.1 Å². The van der Waals surface area contributed by atoms with Gasteiger partial charge < -0.3 is 5.73 Å². The summed E-state index contributed by atoms with van der Waals surface area (Å²) in [6, 6.07) is 5.30. The zero-order chi connectivity index (χ0) is 10.5. The lowest BCUT2D eigenvalue weighted by molar-refractivity contribution is 0.569. The van der Waals surface area contributed by atoms with Gasteiger partial charge in [-0.1, -0.05) is 26.0 Å². The molecule has 0 aliphatic heterocycles. The SMILES string of the molecule is Cc1cccc(F)c1C1C(N)C1(C)C. The van der Waals surface area contributed by atoms with E-state index >= 15 is 0 Å². The molecule has 2 rings (SSSR count). The smallest absolute Gasteiger partial charge is 0.127 e. The van der Waals surface area contributed by atoms with Crippen molar-refractivity contribution < 1.29 is 4.39 Å². The topological polar surface area (TPSA) is 26.0 Å². The van der Waals surface area contributed by atoms with Crippen LogP contribution in [0.3, 0.4) is 0 Å². The molecule has 0 bridgehead atoms. The largest absolute Gasteiger partial charge is 0.327 e. The highest BCUT2D eigenvalue weighted by Crippen LogP contribution is 2.58. The van der Waals surface area contributed by atoms with E-state index in [9.17, 15) is 4.39 Å². The summed E-state index contributed by atoms with van der Waals surface area (Å²) in [7, 11) is 0. The summed E-state index contributed by atoms with van der Waals surface area (Å²) >= 11 is 0. The number of aryl methyl sites for hydroxylation is 1. The van der Waals surface area contributed by atoms with Crippen molar-refractivity contribution >= 4 is 0 Å². The molecule has 1 fully saturated rings. The lowest BCUT2D eigenvalue weighted by Gasteiger charge is -2.07.